The van der Waals surface area contributed by atoms with Crippen molar-refractivity contribution in [2.45, 2.75) is 45.1 Å². The van der Waals surface area contributed by atoms with Crippen LogP contribution in [0.4, 0.5) is 13.2 Å². The van der Waals surface area contributed by atoms with Gasteiger partial charge >= 0.3 is 6.18 Å². The SMILES string of the molecule is CC(=O)N1CC(COc2cc3n(n2)C[C@H](C)n2c-3cnc2[C@@](C)(O)C(F)(F)F)C1. The van der Waals surface area contributed by atoms with Crippen molar-refractivity contribution in [1.29, 1.82) is 0 Å². The summed E-state index contributed by atoms with van der Waals surface area (Å²) < 4.78 is 48.8. The second kappa shape index (κ2) is 6.48. The zero-order valence-corrected chi connectivity index (χ0v) is 16.3. The number of likely N-dealkylation sites (tertiary alicyclic amines) is 1. The Morgan fingerprint density at radius 1 is 1.31 bits per heavy atom. The van der Waals surface area contributed by atoms with Crippen LogP contribution in [0.5, 0.6) is 5.88 Å². The van der Waals surface area contributed by atoms with Gasteiger partial charge in [0.25, 0.3) is 0 Å². The fourth-order valence-corrected chi connectivity index (χ4v) is 3.76. The summed E-state index contributed by atoms with van der Waals surface area (Å²) in [6.07, 6.45) is -3.53. The van der Waals surface area contributed by atoms with Gasteiger partial charge in [-0.2, -0.15) is 13.2 Å². The summed E-state index contributed by atoms with van der Waals surface area (Å²) in [5.41, 5.74) is -2.04. The quantitative estimate of drug-likeness (QED) is 0.828. The van der Waals surface area contributed by atoms with Crippen LogP contribution in [0.1, 0.15) is 32.6 Å². The first-order valence-corrected chi connectivity index (χ1v) is 9.32. The van der Waals surface area contributed by atoms with E-state index in [4.69, 9.17) is 4.74 Å². The number of hydrogen-bond acceptors (Lipinski definition) is 5. The fourth-order valence-electron chi connectivity index (χ4n) is 3.76. The highest BCUT2D eigenvalue weighted by Gasteiger charge is 2.55. The normalized spacial score (nSPS) is 21.2. The molecule has 2 aliphatic rings. The molecule has 4 rings (SSSR count). The lowest BCUT2D eigenvalue weighted by atomic mass is 10.0. The Balaban J connectivity index is 1.55. The van der Waals surface area contributed by atoms with Gasteiger partial charge in [-0.25, -0.2) is 4.98 Å². The van der Waals surface area contributed by atoms with E-state index in [-0.39, 0.29) is 17.9 Å². The van der Waals surface area contributed by atoms with Crippen LogP contribution in [-0.4, -0.2) is 61.1 Å². The minimum atomic E-state index is -4.85. The number of carbonyl (C=O) groups is 1. The number of alkyl halides is 3. The van der Waals surface area contributed by atoms with E-state index < -0.39 is 17.6 Å². The highest BCUT2D eigenvalue weighted by atomic mass is 19.4. The Labute approximate surface area is 164 Å². The predicted octanol–water partition coefficient (Wildman–Crippen LogP) is 1.95. The van der Waals surface area contributed by atoms with E-state index in [0.29, 0.717) is 50.4 Å². The van der Waals surface area contributed by atoms with E-state index in [1.165, 1.54) is 17.7 Å². The molecule has 2 aromatic heterocycles. The molecule has 0 saturated carbocycles. The smallest absolute Gasteiger partial charge is 0.424 e. The van der Waals surface area contributed by atoms with Crippen molar-refractivity contribution in [2.75, 3.05) is 19.7 Å². The van der Waals surface area contributed by atoms with Gasteiger partial charge in [-0.3, -0.25) is 9.48 Å². The number of amides is 1. The largest absolute Gasteiger partial charge is 0.476 e. The number of hydrogen-bond donors (Lipinski definition) is 1. The molecule has 0 aromatic carbocycles. The first-order chi connectivity index (χ1) is 13.5. The van der Waals surface area contributed by atoms with Crippen molar-refractivity contribution in [3.63, 3.8) is 0 Å². The van der Waals surface area contributed by atoms with Crippen LogP contribution < -0.4 is 4.74 Å². The first-order valence-electron chi connectivity index (χ1n) is 9.32. The first kappa shape index (κ1) is 19.7. The van der Waals surface area contributed by atoms with Crippen molar-refractivity contribution in [3.05, 3.63) is 18.1 Å². The minimum Gasteiger partial charge on any atom is -0.476 e. The molecule has 4 heterocycles. The zero-order chi connectivity index (χ0) is 21.1. The van der Waals surface area contributed by atoms with Crippen LogP contribution in [-0.2, 0) is 16.9 Å². The molecule has 11 heteroatoms. The minimum absolute atomic E-state index is 0.0338. The average molecular weight is 413 g/mol. The number of aromatic nitrogens is 4. The van der Waals surface area contributed by atoms with Gasteiger partial charge < -0.3 is 19.3 Å². The summed E-state index contributed by atoms with van der Waals surface area (Å²) in [6.45, 7) is 5.99. The molecule has 1 saturated heterocycles. The van der Waals surface area contributed by atoms with Crippen LogP contribution in [0.15, 0.2) is 12.3 Å². The number of halogens is 3. The van der Waals surface area contributed by atoms with Gasteiger partial charge in [-0.1, -0.05) is 0 Å². The number of ether oxygens (including phenoxy) is 1. The summed E-state index contributed by atoms with van der Waals surface area (Å²) in [6, 6.07) is 1.28. The molecule has 2 aliphatic heterocycles. The molecule has 158 valence electrons. The van der Waals surface area contributed by atoms with E-state index >= 15 is 0 Å². The lowest BCUT2D eigenvalue weighted by Gasteiger charge is -2.38. The maximum atomic E-state index is 13.3. The number of carbonyl (C=O) groups excluding carboxylic acids is 1. The van der Waals surface area contributed by atoms with E-state index in [1.54, 1.807) is 22.6 Å². The third-order valence-corrected chi connectivity index (χ3v) is 5.55. The van der Waals surface area contributed by atoms with E-state index in [9.17, 15) is 23.1 Å². The summed E-state index contributed by atoms with van der Waals surface area (Å²) in [5.74, 6) is 0.190. The molecule has 0 radical (unpaired) electrons. The summed E-state index contributed by atoms with van der Waals surface area (Å²) in [7, 11) is 0. The van der Waals surface area contributed by atoms with Crippen molar-refractivity contribution in [3.8, 4) is 17.3 Å². The van der Waals surface area contributed by atoms with E-state index in [2.05, 4.69) is 10.1 Å². The molecular weight excluding hydrogens is 391 g/mol. The third kappa shape index (κ3) is 3.17. The number of rotatable bonds is 4. The van der Waals surface area contributed by atoms with Crippen molar-refractivity contribution >= 4 is 5.91 Å². The molecule has 0 unspecified atom stereocenters. The van der Waals surface area contributed by atoms with Gasteiger partial charge in [0, 0.05) is 32.0 Å². The van der Waals surface area contributed by atoms with Crippen LogP contribution in [0.2, 0.25) is 0 Å². The van der Waals surface area contributed by atoms with E-state index in [1.807, 2.05) is 0 Å². The van der Waals surface area contributed by atoms with Crippen molar-refractivity contribution in [1.82, 2.24) is 24.2 Å². The third-order valence-electron chi connectivity index (χ3n) is 5.55. The molecule has 1 fully saturated rings. The number of nitrogens with zero attached hydrogens (tertiary/aromatic N) is 5. The fraction of sp³-hybridized carbons (Fsp3) is 0.611. The maximum absolute atomic E-state index is 13.3. The Hall–Kier alpha value is -2.56. The number of aliphatic hydroxyl groups is 1. The summed E-state index contributed by atoms with van der Waals surface area (Å²) >= 11 is 0. The molecule has 0 spiro atoms. The standard InChI is InChI=1S/C18H22F3N5O3/c1-10-6-25-13(4-15(23-25)29-9-12-7-24(8-12)11(2)27)14-5-22-16(26(10)14)17(3,28)18(19,20)21/h4-5,10,12,28H,6-9H2,1-3H3/t10-,17+/m0/s1. The second-order valence-electron chi connectivity index (χ2n) is 7.91. The van der Waals surface area contributed by atoms with Gasteiger partial charge in [-0.05, 0) is 13.8 Å². The topological polar surface area (TPSA) is 85.4 Å². The van der Waals surface area contributed by atoms with Gasteiger partial charge in [0.2, 0.25) is 17.4 Å². The molecule has 2 atom stereocenters. The van der Waals surface area contributed by atoms with Crippen LogP contribution in [0.3, 0.4) is 0 Å². The van der Waals surface area contributed by atoms with Crippen LogP contribution in [0.25, 0.3) is 11.4 Å². The zero-order valence-electron chi connectivity index (χ0n) is 16.3. The van der Waals surface area contributed by atoms with Gasteiger partial charge in [0.1, 0.15) is 0 Å². The second-order valence-corrected chi connectivity index (χ2v) is 7.91. The van der Waals surface area contributed by atoms with Crippen molar-refractivity contribution in [2.24, 2.45) is 5.92 Å². The Morgan fingerprint density at radius 3 is 2.62 bits per heavy atom. The Morgan fingerprint density at radius 2 is 2.00 bits per heavy atom. The summed E-state index contributed by atoms with van der Waals surface area (Å²) in [5, 5.41) is 14.5. The number of fused-ring (bicyclic) bond motifs is 3. The molecule has 0 bridgehead atoms. The molecule has 29 heavy (non-hydrogen) atoms. The van der Waals surface area contributed by atoms with Crippen LogP contribution in [0, 0.1) is 5.92 Å². The highest BCUT2D eigenvalue weighted by Crippen LogP contribution is 2.42. The molecule has 1 amide bonds. The molecule has 8 nitrogen and oxygen atoms in total. The molecular formula is C18H22F3N5O3. The Bertz CT molecular complexity index is 943. The van der Waals surface area contributed by atoms with Gasteiger partial charge in [0.15, 0.2) is 5.82 Å². The van der Waals surface area contributed by atoms with Gasteiger partial charge in [-0.15, -0.1) is 5.10 Å². The molecule has 2 aromatic rings. The lowest BCUT2D eigenvalue weighted by molar-refractivity contribution is -0.262. The number of imidazole rings is 1. The maximum Gasteiger partial charge on any atom is 0.424 e. The van der Waals surface area contributed by atoms with Gasteiger partial charge in [0.05, 0.1) is 36.8 Å². The average Bonchev–Trinajstić information content (AvgIpc) is 3.16. The Kier molecular flexibility index (Phi) is 4.41. The molecule has 0 aliphatic carbocycles. The summed E-state index contributed by atoms with van der Waals surface area (Å²) in [4.78, 5) is 16.8. The lowest BCUT2D eigenvalue weighted by Crippen LogP contribution is -2.51. The highest BCUT2D eigenvalue weighted by molar-refractivity contribution is 5.74. The monoisotopic (exact) mass is 413 g/mol. The predicted molar refractivity (Wildman–Crippen MR) is 95.0 cm³/mol. The van der Waals surface area contributed by atoms with Crippen molar-refractivity contribution < 1.29 is 27.8 Å². The molecule has 1 N–H and O–H groups in total. The van der Waals surface area contributed by atoms with Crippen LogP contribution >= 0.6 is 0 Å². The van der Waals surface area contributed by atoms with E-state index in [0.717, 1.165) is 0 Å².